The van der Waals surface area contributed by atoms with E-state index in [4.69, 9.17) is 21.1 Å². The second-order valence-corrected chi connectivity index (χ2v) is 6.67. The quantitative estimate of drug-likeness (QED) is 0.681. The second kappa shape index (κ2) is 6.05. The molecular formula is C16H23ClN2O3. The Balaban J connectivity index is 0.000000847. The summed E-state index contributed by atoms with van der Waals surface area (Å²) >= 11 is 5.88. The van der Waals surface area contributed by atoms with Gasteiger partial charge in [0.05, 0.1) is 19.7 Å². The van der Waals surface area contributed by atoms with E-state index >= 15 is 0 Å². The van der Waals surface area contributed by atoms with Crippen molar-refractivity contribution in [3.63, 3.8) is 0 Å². The summed E-state index contributed by atoms with van der Waals surface area (Å²) in [6.07, 6.45) is 1.44. The van der Waals surface area contributed by atoms with Crippen LogP contribution in [0.3, 0.4) is 0 Å². The minimum Gasteiger partial charge on any atom is -0.444 e. The van der Waals surface area contributed by atoms with Gasteiger partial charge >= 0.3 is 6.09 Å². The van der Waals surface area contributed by atoms with Crippen molar-refractivity contribution in [1.29, 1.82) is 0 Å². The van der Waals surface area contributed by atoms with Crippen LogP contribution in [-0.2, 0) is 21.7 Å². The van der Waals surface area contributed by atoms with Crippen molar-refractivity contribution in [2.45, 2.75) is 52.4 Å². The molecule has 2 aliphatic rings. The molecule has 0 saturated carbocycles. The van der Waals surface area contributed by atoms with Gasteiger partial charge < -0.3 is 14.4 Å². The minimum absolute atomic E-state index is 0.304. The van der Waals surface area contributed by atoms with Gasteiger partial charge in [0, 0.05) is 11.8 Å². The van der Waals surface area contributed by atoms with Gasteiger partial charge in [-0.05, 0) is 32.4 Å². The minimum atomic E-state index is -0.483. The first-order valence-electron chi connectivity index (χ1n) is 7.56. The van der Waals surface area contributed by atoms with Gasteiger partial charge in [-0.3, -0.25) is 0 Å². The first-order chi connectivity index (χ1) is 10.3. The zero-order valence-electron chi connectivity index (χ0n) is 13.8. The molecular weight excluding hydrogens is 304 g/mol. The number of amides is 1. The molecule has 3 heterocycles. The van der Waals surface area contributed by atoms with Crippen LogP contribution in [0.1, 0.15) is 45.7 Å². The molecule has 2 aliphatic heterocycles. The molecule has 6 heteroatoms. The number of carbonyl (C=O) groups is 1. The van der Waals surface area contributed by atoms with Crippen LogP contribution in [0.4, 0.5) is 4.79 Å². The largest absolute Gasteiger partial charge is 0.444 e. The maximum atomic E-state index is 12.0. The highest BCUT2D eigenvalue weighted by Crippen LogP contribution is 2.43. The maximum Gasteiger partial charge on any atom is 0.410 e. The van der Waals surface area contributed by atoms with Gasteiger partial charge in [-0.1, -0.05) is 25.4 Å². The third-order valence-corrected chi connectivity index (χ3v) is 3.70. The predicted octanol–water partition coefficient (Wildman–Crippen LogP) is 3.74. The van der Waals surface area contributed by atoms with Crippen LogP contribution < -0.4 is 0 Å². The Kier molecular flexibility index (Phi) is 4.68. The van der Waals surface area contributed by atoms with Gasteiger partial charge in [-0.25, -0.2) is 9.78 Å². The van der Waals surface area contributed by atoms with E-state index in [1.165, 1.54) is 0 Å². The van der Waals surface area contributed by atoms with Gasteiger partial charge in [-0.2, -0.15) is 0 Å². The highest BCUT2D eigenvalue weighted by atomic mass is 35.5. The lowest BCUT2D eigenvalue weighted by Crippen LogP contribution is -2.61. The smallest absolute Gasteiger partial charge is 0.410 e. The van der Waals surface area contributed by atoms with Gasteiger partial charge in [0.25, 0.3) is 0 Å². The van der Waals surface area contributed by atoms with E-state index in [1.807, 2.05) is 40.7 Å². The number of ether oxygens (including phenoxy) is 2. The molecule has 3 rings (SSSR count). The van der Waals surface area contributed by atoms with Crippen molar-refractivity contribution in [3.8, 4) is 0 Å². The monoisotopic (exact) mass is 326 g/mol. The summed E-state index contributed by atoms with van der Waals surface area (Å²) in [5, 5.41) is 0.465. The Labute approximate surface area is 136 Å². The topological polar surface area (TPSA) is 51.7 Å². The van der Waals surface area contributed by atoms with Crippen LogP contribution in [0.2, 0.25) is 5.15 Å². The van der Waals surface area contributed by atoms with E-state index in [0.29, 0.717) is 24.8 Å². The van der Waals surface area contributed by atoms with Crippen LogP contribution in [0.15, 0.2) is 12.3 Å². The summed E-state index contributed by atoms with van der Waals surface area (Å²) in [4.78, 5) is 17.7. The van der Waals surface area contributed by atoms with Crippen molar-refractivity contribution < 1.29 is 14.3 Å². The SMILES string of the molecule is CC.CC(C)(C)OC(=O)N1CC2(C1)OCc1cc(Cl)ncc12. The molecule has 1 aromatic heterocycles. The molecule has 0 unspecified atom stereocenters. The highest BCUT2D eigenvalue weighted by Gasteiger charge is 2.52. The number of pyridine rings is 1. The molecule has 0 radical (unpaired) electrons. The third kappa shape index (κ3) is 3.20. The van der Waals surface area contributed by atoms with Crippen molar-refractivity contribution in [2.75, 3.05) is 13.1 Å². The van der Waals surface area contributed by atoms with E-state index < -0.39 is 11.2 Å². The van der Waals surface area contributed by atoms with Gasteiger partial charge in [0.2, 0.25) is 0 Å². The lowest BCUT2D eigenvalue weighted by Gasteiger charge is -2.47. The van der Waals surface area contributed by atoms with Crippen LogP contribution in [0.5, 0.6) is 0 Å². The Hall–Kier alpha value is -1.33. The average Bonchev–Trinajstić information content (AvgIpc) is 2.75. The first kappa shape index (κ1) is 17.0. The first-order valence-corrected chi connectivity index (χ1v) is 7.94. The standard InChI is InChI=1S/C14H17ClN2O3.C2H6/c1-13(2,3)20-12(18)17-7-14(8-17)10-5-16-11(15)4-9(10)6-19-14;1-2/h4-5H,6-8H2,1-3H3;1-2H3. The number of carbonyl (C=O) groups excluding carboxylic acids is 1. The van der Waals surface area contributed by atoms with Crippen molar-refractivity contribution in [3.05, 3.63) is 28.5 Å². The van der Waals surface area contributed by atoms with Gasteiger partial charge in [0.1, 0.15) is 16.4 Å². The molecule has 0 aliphatic carbocycles. The second-order valence-electron chi connectivity index (χ2n) is 6.28. The molecule has 5 nitrogen and oxygen atoms in total. The summed E-state index contributed by atoms with van der Waals surface area (Å²) in [6.45, 7) is 11.1. The number of hydrogen-bond donors (Lipinski definition) is 0. The molecule has 0 N–H and O–H groups in total. The number of fused-ring (bicyclic) bond motifs is 2. The van der Waals surface area contributed by atoms with E-state index in [1.54, 1.807) is 11.1 Å². The summed E-state index contributed by atoms with van der Waals surface area (Å²) in [7, 11) is 0. The summed E-state index contributed by atoms with van der Waals surface area (Å²) in [5.74, 6) is 0. The summed E-state index contributed by atoms with van der Waals surface area (Å²) < 4.78 is 11.2. The molecule has 0 atom stereocenters. The number of nitrogens with zero attached hydrogens (tertiary/aromatic N) is 2. The molecule has 1 amide bonds. The molecule has 1 spiro atoms. The van der Waals surface area contributed by atoms with Crippen LogP contribution in [0.25, 0.3) is 0 Å². The summed E-state index contributed by atoms with van der Waals surface area (Å²) in [6, 6.07) is 1.82. The van der Waals surface area contributed by atoms with Crippen molar-refractivity contribution >= 4 is 17.7 Å². The molecule has 1 aromatic rings. The molecule has 22 heavy (non-hydrogen) atoms. The lowest BCUT2D eigenvalue weighted by atomic mass is 9.87. The molecule has 1 saturated heterocycles. The molecule has 0 aromatic carbocycles. The van der Waals surface area contributed by atoms with E-state index in [-0.39, 0.29) is 6.09 Å². The number of rotatable bonds is 0. The maximum absolute atomic E-state index is 12.0. The zero-order valence-corrected chi connectivity index (χ0v) is 14.5. The van der Waals surface area contributed by atoms with Gasteiger partial charge in [0.15, 0.2) is 0 Å². The van der Waals surface area contributed by atoms with Crippen LogP contribution in [-0.4, -0.2) is 34.7 Å². The number of halogens is 1. The van der Waals surface area contributed by atoms with Crippen LogP contribution >= 0.6 is 11.6 Å². The van der Waals surface area contributed by atoms with Crippen LogP contribution in [0, 0.1) is 0 Å². The van der Waals surface area contributed by atoms with E-state index in [2.05, 4.69) is 4.98 Å². The number of hydrogen-bond acceptors (Lipinski definition) is 4. The Bertz CT molecular complexity index is 563. The fourth-order valence-electron chi connectivity index (χ4n) is 2.58. The lowest BCUT2D eigenvalue weighted by molar-refractivity contribution is -0.137. The Morgan fingerprint density at radius 1 is 1.41 bits per heavy atom. The molecule has 1 fully saturated rings. The van der Waals surface area contributed by atoms with Gasteiger partial charge in [-0.15, -0.1) is 0 Å². The number of aromatic nitrogens is 1. The number of likely N-dealkylation sites (tertiary alicyclic amines) is 1. The molecule has 122 valence electrons. The van der Waals surface area contributed by atoms with Crippen molar-refractivity contribution in [1.82, 2.24) is 9.88 Å². The highest BCUT2D eigenvalue weighted by molar-refractivity contribution is 6.29. The predicted molar refractivity (Wildman–Crippen MR) is 84.9 cm³/mol. The Morgan fingerprint density at radius 3 is 2.64 bits per heavy atom. The fourth-order valence-corrected chi connectivity index (χ4v) is 2.76. The summed E-state index contributed by atoms with van der Waals surface area (Å²) in [5.41, 5.74) is 1.17. The molecule has 0 bridgehead atoms. The van der Waals surface area contributed by atoms with E-state index in [0.717, 1.165) is 11.1 Å². The fraction of sp³-hybridized carbons (Fsp3) is 0.625. The Morgan fingerprint density at radius 2 is 2.05 bits per heavy atom. The normalized spacial score (nSPS) is 18.2. The van der Waals surface area contributed by atoms with Crippen molar-refractivity contribution in [2.24, 2.45) is 0 Å². The third-order valence-electron chi connectivity index (χ3n) is 3.50. The van der Waals surface area contributed by atoms with E-state index in [9.17, 15) is 4.79 Å². The average molecular weight is 327 g/mol. The zero-order chi connectivity index (χ0) is 16.5.